The number of carbonyl (C=O) groups is 3. The maximum absolute atomic E-state index is 13.9. The van der Waals surface area contributed by atoms with Crippen LogP contribution in [0.5, 0.6) is 0 Å². The van der Waals surface area contributed by atoms with E-state index in [9.17, 15) is 14.4 Å². The Hall–Kier alpha value is -3.42. The van der Waals surface area contributed by atoms with Crippen molar-refractivity contribution < 1.29 is 18.9 Å². The first-order chi connectivity index (χ1) is 19.4. The number of benzene rings is 1. The van der Waals surface area contributed by atoms with Crippen molar-refractivity contribution >= 4 is 23.8 Å². The van der Waals surface area contributed by atoms with Gasteiger partial charge in [-0.1, -0.05) is 93.9 Å². The Labute approximate surface area is 236 Å². The van der Waals surface area contributed by atoms with E-state index in [1.165, 1.54) is 29.8 Å². The Morgan fingerprint density at radius 1 is 1.07 bits per heavy atom. The Bertz CT molecular complexity index is 1210. The van der Waals surface area contributed by atoms with Crippen LogP contribution in [-0.4, -0.2) is 53.0 Å². The quantitative estimate of drug-likeness (QED) is 0.467. The summed E-state index contributed by atoms with van der Waals surface area (Å²) in [4.78, 5) is 42.4. The number of allylic oxidation sites excluding steroid dienone is 1. The third-order valence-electron chi connectivity index (χ3n) is 9.40. The first kappa shape index (κ1) is 28.1. The fourth-order valence-corrected chi connectivity index (χ4v) is 6.68. The normalized spacial score (nSPS) is 20.5. The summed E-state index contributed by atoms with van der Waals surface area (Å²) in [6, 6.07) is 8.60. The van der Waals surface area contributed by atoms with E-state index in [1.807, 2.05) is 18.7 Å². The fraction of sp³-hybridized carbons (Fsp3) is 0.562. The van der Waals surface area contributed by atoms with Crippen LogP contribution in [-0.2, 0) is 15.0 Å². The molecule has 2 fully saturated rings. The SMILES string of the molecule is CCC(C)[C@@H](NC(=O)[C@@H](CC1CCCCC1)NC(=O)c1ccno1)C(=O)N1CCC2(C=Cc3ccccc32)CC1. The highest BCUT2D eigenvalue weighted by Crippen LogP contribution is 2.43. The molecule has 3 amide bonds. The van der Waals surface area contributed by atoms with Crippen LogP contribution in [0.1, 0.15) is 93.3 Å². The molecule has 8 heteroatoms. The molecule has 1 unspecified atom stereocenters. The van der Waals surface area contributed by atoms with Gasteiger partial charge < -0.3 is 20.1 Å². The van der Waals surface area contributed by atoms with Gasteiger partial charge in [-0.3, -0.25) is 14.4 Å². The van der Waals surface area contributed by atoms with E-state index in [4.69, 9.17) is 4.52 Å². The number of fused-ring (bicyclic) bond motifs is 2. The molecule has 1 aromatic heterocycles. The fourth-order valence-electron chi connectivity index (χ4n) is 6.68. The molecule has 2 aliphatic carbocycles. The molecule has 1 aliphatic heterocycles. The summed E-state index contributed by atoms with van der Waals surface area (Å²) in [5.74, 6) is -0.423. The molecular formula is C32H42N4O4. The smallest absolute Gasteiger partial charge is 0.290 e. The van der Waals surface area contributed by atoms with E-state index in [0.717, 1.165) is 44.9 Å². The van der Waals surface area contributed by atoms with Gasteiger partial charge in [0.15, 0.2) is 0 Å². The van der Waals surface area contributed by atoms with E-state index in [-0.39, 0.29) is 28.9 Å². The average Bonchev–Trinajstić information content (AvgIpc) is 3.65. The second-order valence-electron chi connectivity index (χ2n) is 11.9. The Morgan fingerprint density at radius 3 is 2.52 bits per heavy atom. The predicted octanol–water partition coefficient (Wildman–Crippen LogP) is 4.86. The maximum Gasteiger partial charge on any atom is 0.290 e. The molecule has 1 spiro atoms. The molecule has 3 atom stereocenters. The maximum atomic E-state index is 13.9. The topological polar surface area (TPSA) is 105 Å². The molecule has 1 saturated heterocycles. The lowest BCUT2D eigenvalue weighted by molar-refractivity contribution is -0.139. The molecule has 40 heavy (non-hydrogen) atoms. The molecule has 3 aliphatic rings. The summed E-state index contributed by atoms with van der Waals surface area (Å²) >= 11 is 0. The number of rotatable bonds is 9. The van der Waals surface area contributed by atoms with E-state index >= 15 is 0 Å². The summed E-state index contributed by atoms with van der Waals surface area (Å²) in [6.45, 7) is 5.34. The molecule has 2 heterocycles. The van der Waals surface area contributed by atoms with Gasteiger partial charge in [0.05, 0.1) is 6.20 Å². The van der Waals surface area contributed by atoms with Crippen molar-refractivity contribution in [2.45, 2.75) is 89.1 Å². The van der Waals surface area contributed by atoms with Crippen LogP contribution < -0.4 is 10.6 Å². The first-order valence-corrected chi connectivity index (χ1v) is 15.0. The van der Waals surface area contributed by atoms with Crippen LogP contribution in [0.3, 0.4) is 0 Å². The summed E-state index contributed by atoms with van der Waals surface area (Å²) in [6.07, 6.45) is 14.5. The number of likely N-dealkylation sites (tertiary alicyclic amines) is 1. The lowest BCUT2D eigenvalue weighted by Crippen LogP contribution is -2.58. The second-order valence-corrected chi connectivity index (χ2v) is 11.9. The number of amides is 3. The molecule has 1 aromatic carbocycles. The number of hydrogen-bond acceptors (Lipinski definition) is 5. The third-order valence-corrected chi connectivity index (χ3v) is 9.40. The number of piperidine rings is 1. The van der Waals surface area contributed by atoms with Gasteiger partial charge in [-0.25, -0.2) is 0 Å². The van der Waals surface area contributed by atoms with Crippen molar-refractivity contribution in [3.63, 3.8) is 0 Å². The van der Waals surface area contributed by atoms with Crippen molar-refractivity contribution in [1.29, 1.82) is 0 Å². The molecule has 0 radical (unpaired) electrons. The summed E-state index contributed by atoms with van der Waals surface area (Å²) in [7, 11) is 0. The van der Waals surface area contributed by atoms with Crippen molar-refractivity contribution in [3.05, 3.63) is 59.5 Å². The number of nitrogens with zero attached hydrogens (tertiary/aromatic N) is 2. The summed E-state index contributed by atoms with van der Waals surface area (Å²) < 4.78 is 5.02. The van der Waals surface area contributed by atoms with Gasteiger partial charge in [-0.15, -0.1) is 0 Å². The molecule has 0 bridgehead atoms. The number of nitrogens with one attached hydrogen (secondary N) is 2. The number of hydrogen-bond donors (Lipinski definition) is 2. The minimum Gasteiger partial charge on any atom is -0.351 e. The van der Waals surface area contributed by atoms with Gasteiger partial charge in [0, 0.05) is 24.6 Å². The summed E-state index contributed by atoms with van der Waals surface area (Å²) in [5, 5.41) is 9.57. The first-order valence-electron chi connectivity index (χ1n) is 15.0. The molecule has 2 N–H and O–H groups in total. The molecule has 8 nitrogen and oxygen atoms in total. The van der Waals surface area contributed by atoms with E-state index in [2.05, 4.69) is 52.2 Å². The standard InChI is InChI=1S/C32H42N4O4/c1-3-22(2)28(31(39)36-19-16-32(17-20-36)15-13-24-11-7-8-12-25(24)32)35-29(37)26(21-23-9-5-4-6-10-23)34-30(38)27-14-18-33-40-27/h7-8,11-15,18,22-23,26,28H,3-6,9-10,16-17,19-21H2,1-2H3,(H,34,38)(H,35,37)/t22?,26-,28-/m1/s1. The van der Waals surface area contributed by atoms with E-state index in [1.54, 1.807) is 0 Å². The zero-order valence-electron chi connectivity index (χ0n) is 23.7. The summed E-state index contributed by atoms with van der Waals surface area (Å²) in [5.41, 5.74) is 2.60. The zero-order chi connectivity index (χ0) is 28.1. The third kappa shape index (κ3) is 6.01. The molecule has 214 valence electrons. The minimum absolute atomic E-state index is 0.0153. The van der Waals surface area contributed by atoms with Crippen LogP contribution >= 0.6 is 0 Å². The van der Waals surface area contributed by atoms with Gasteiger partial charge in [0.2, 0.25) is 17.6 Å². The average molecular weight is 547 g/mol. The van der Waals surface area contributed by atoms with Crippen LogP contribution in [0, 0.1) is 11.8 Å². The minimum atomic E-state index is -0.746. The van der Waals surface area contributed by atoms with E-state index < -0.39 is 18.0 Å². The van der Waals surface area contributed by atoms with Gasteiger partial charge in [-0.05, 0) is 42.2 Å². The lowest BCUT2D eigenvalue weighted by atomic mass is 9.74. The zero-order valence-corrected chi connectivity index (χ0v) is 23.7. The Kier molecular flexibility index (Phi) is 8.72. The Morgan fingerprint density at radius 2 is 1.82 bits per heavy atom. The second kappa shape index (κ2) is 12.4. The van der Waals surface area contributed by atoms with Crippen molar-refractivity contribution in [1.82, 2.24) is 20.7 Å². The van der Waals surface area contributed by atoms with Gasteiger partial charge >= 0.3 is 0 Å². The predicted molar refractivity (Wildman–Crippen MR) is 153 cm³/mol. The molecule has 5 rings (SSSR count). The van der Waals surface area contributed by atoms with Crippen LogP contribution in [0.4, 0.5) is 0 Å². The van der Waals surface area contributed by atoms with Crippen LogP contribution in [0.2, 0.25) is 0 Å². The Balaban J connectivity index is 1.27. The lowest BCUT2D eigenvalue weighted by Gasteiger charge is -2.41. The highest BCUT2D eigenvalue weighted by atomic mass is 16.5. The van der Waals surface area contributed by atoms with Crippen LogP contribution in [0.25, 0.3) is 6.08 Å². The molecule has 2 aromatic rings. The van der Waals surface area contributed by atoms with Gasteiger partial charge in [0.25, 0.3) is 5.91 Å². The van der Waals surface area contributed by atoms with Gasteiger partial charge in [0.1, 0.15) is 12.1 Å². The van der Waals surface area contributed by atoms with Crippen LogP contribution in [0.15, 0.2) is 47.1 Å². The van der Waals surface area contributed by atoms with E-state index in [0.29, 0.717) is 25.4 Å². The highest BCUT2D eigenvalue weighted by Gasteiger charge is 2.41. The molecule has 1 saturated carbocycles. The monoisotopic (exact) mass is 546 g/mol. The van der Waals surface area contributed by atoms with Crippen molar-refractivity contribution in [3.8, 4) is 0 Å². The van der Waals surface area contributed by atoms with Gasteiger partial charge in [-0.2, -0.15) is 0 Å². The largest absolute Gasteiger partial charge is 0.351 e. The van der Waals surface area contributed by atoms with Crippen molar-refractivity contribution in [2.75, 3.05) is 13.1 Å². The molecular weight excluding hydrogens is 504 g/mol. The highest BCUT2D eigenvalue weighted by molar-refractivity contribution is 5.96. The van der Waals surface area contributed by atoms with Crippen molar-refractivity contribution in [2.24, 2.45) is 11.8 Å². The number of carbonyl (C=O) groups excluding carboxylic acids is 3. The number of aromatic nitrogens is 1.